The lowest BCUT2D eigenvalue weighted by atomic mass is 9.99. The lowest BCUT2D eigenvalue weighted by Gasteiger charge is -2.18. The lowest BCUT2D eigenvalue weighted by Crippen LogP contribution is -2.21. The molecule has 1 unspecified atom stereocenters. The van der Waals surface area contributed by atoms with Gasteiger partial charge in [-0.2, -0.15) is 0 Å². The summed E-state index contributed by atoms with van der Waals surface area (Å²) in [6.45, 7) is 0. The minimum Gasteiger partial charge on any atom is -0.298 e. The fourth-order valence-electron chi connectivity index (χ4n) is 2.25. The topological polar surface area (TPSA) is 34.9 Å². The summed E-state index contributed by atoms with van der Waals surface area (Å²) in [5.74, 6) is 0.338. The normalized spacial score (nSPS) is 18.9. The predicted octanol–water partition coefficient (Wildman–Crippen LogP) is 4.92. The summed E-state index contributed by atoms with van der Waals surface area (Å²) in [4.78, 5) is 11.9. The first-order valence-electron chi connectivity index (χ1n) is 6.69. The number of ketones is 1. The number of hydrogen-bond acceptors (Lipinski definition) is 5. The standard InChI is InChI=1S/C14H13ClN2OS3/c15-9-5-7-10(8-6-9)17-14(19)21-13(16-17)20-12-4-2-1-3-11(12)18/h5-8,12H,1-4H2. The number of aromatic nitrogens is 2. The summed E-state index contributed by atoms with van der Waals surface area (Å²) >= 11 is 14.3. The van der Waals surface area contributed by atoms with Crippen molar-refractivity contribution in [2.45, 2.75) is 35.3 Å². The lowest BCUT2D eigenvalue weighted by molar-refractivity contribution is -0.119. The Hall–Kier alpha value is -0.690. The van der Waals surface area contributed by atoms with Gasteiger partial charge in [0.2, 0.25) is 0 Å². The molecule has 1 heterocycles. The predicted molar refractivity (Wildman–Crippen MR) is 90.4 cm³/mol. The van der Waals surface area contributed by atoms with E-state index in [0.29, 0.717) is 21.2 Å². The van der Waals surface area contributed by atoms with E-state index in [1.54, 1.807) is 16.4 Å². The van der Waals surface area contributed by atoms with Crippen LogP contribution in [0.5, 0.6) is 0 Å². The van der Waals surface area contributed by atoms with Crippen molar-refractivity contribution >= 4 is 52.7 Å². The second kappa shape index (κ2) is 6.60. The monoisotopic (exact) mass is 356 g/mol. The molecule has 1 fully saturated rings. The third-order valence-electron chi connectivity index (χ3n) is 3.34. The highest BCUT2D eigenvalue weighted by atomic mass is 35.5. The van der Waals surface area contributed by atoms with E-state index in [1.807, 2.05) is 24.3 Å². The van der Waals surface area contributed by atoms with Crippen molar-refractivity contribution in [1.29, 1.82) is 0 Å². The SMILES string of the molecule is O=C1CCCCC1Sc1nn(-c2ccc(Cl)cc2)c(=S)s1. The number of thioether (sulfide) groups is 1. The first kappa shape index (κ1) is 15.2. The van der Waals surface area contributed by atoms with Crippen molar-refractivity contribution in [1.82, 2.24) is 9.78 Å². The van der Waals surface area contributed by atoms with Crippen molar-refractivity contribution in [2.75, 3.05) is 0 Å². The molecule has 0 bridgehead atoms. The summed E-state index contributed by atoms with van der Waals surface area (Å²) in [5, 5.41) is 5.26. The number of nitrogens with zero attached hydrogens (tertiary/aromatic N) is 2. The van der Waals surface area contributed by atoms with Gasteiger partial charge in [0.05, 0.1) is 10.9 Å². The Labute approximate surface area is 141 Å². The van der Waals surface area contributed by atoms with E-state index in [1.165, 1.54) is 11.3 Å². The Morgan fingerprint density at radius 3 is 2.81 bits per heavy atom. The molecule has 0 amide bonds. The van der Waals surface area contributed by atoms with Crippen molar-refractivity contribution in [3.8, 4) is 5.69 Å². The zero-order valence-electron chi connectivity index (χ0n) is 11.1. The maximum absolute atomic E-state index is 11.9. The van der Waals surface area contributed by atoms with Crippen molar-refractivity contribution in [3.05, 3.63) is 33.2 Å². The highest BCUT2D eigenvalue weighted by Crippen LogP contribution is 2.33. The van der Waals surface area contributed by atoms with Gasteiger partial charge in [-0.1, -0.05) is 41.1 Å². The summed E-state index contributed by atoms with van der Waals surface area (Å²) in [5.41, 5.74) is 0.891. The molecule has 3 rings (SSSR count). The van der Waals surface area contributed by atoms with Gasteiger partial charge in [0.1, 0.15) is 5.78 Å². The quantitative estimate of drug-likeness (QED) is 0.731. The second-order valence-corrected chi connectivity index (χ2v) is 8.35. The third kappa shape index (κ3) is 3.56. The van der Waals surface area contributed by atoms with Crippen molar-refractivity contribution in [3.63, 3.8) is 0 Å². The second-order valence-electron chi connectivity index (χ2n) is 4.84. The molecule has 0 spiro atoms. The fourth-order valence-corrected chi connectivity index (χ4v) is 5.11. The summed E-state index contributed by atoms with van der Waals surface area (Å²) in [6.07, 6.45) is 3.77. The molecule has 1 atom stereocenters. The summed E-state index contributed by atoms with van der Waals surface area (Å²) < 4.78 is 3.27. The van der Waals surface area contributed by atoms with Gasteiger partial charge < -0.3 is 0 Å². The summed E-state index contributed by atoms with van der Waals surface area (Å²) in [6, 6.07) is 7.40. The molecular weight excluding hydrogens is 344 g/mol. The molecule has 0 N–H and O–H groups in total. The van der Waals surface area contributed by atoms with E-state index >= 15 is 0 Å². The van der Waals surface area contributed by atoms with Crippen LogP contribution >= 0.6 is 46.9 Å². The van der Waals surface area contributed by atoms with E-state index in [4.69, 9.17) is 23.8 Å². The molecule has 0 radical (unpaired) electrons. The molecule has 0 saturated heterocycles. The molecule has 21 heavy (non-hydrogen) atoms. The van der Waals surface area contributed by atoms with Crippen LogP contribution < -0.4 is 0 Å². The van der Waals surface area contributed by atoms with Crippen LogP contribution in [0.25, 0.3) is 5.69 Å². The minimum atomic E-state index is 0.0398. The molecule has 7 heteroatoms. The number of halogens is 1. The van der Waals surface area contributed by atoms with E-state index in [9.17, 15) is 4.79 Å². The smallest absolute Gasteiger partial charge is 0.184 e. The van der Waals surface area contributed by atoms with Gasteiger partial charge in [-0.15, -0.1) is 5.10 Å². The van der Waals surface area contributed by atoms with Crippen LogP contribution in [-0.2, 0) is 4.79 Å². The average Bonchev–Trinajstić information content (AvgIpc) is 2.83. The number of Topliss-reactive ketones (excluding diaryl/α,β-unsaturated/α-hetero) is 1. The molecule has 1 aliphatic carbocycles. The van der Waals surface area contributed by atoms with Crippen LogP contribution in [-0.4, -0.2) is 20.8 Å². The maximum Gasteiger partial charge on any atom is 0.184 e. The Balaban J connectivity index is 1.82. The van der Waals surface area contributed by atoms with Gasteiger partial charge >= 0.3 is 0 Å². The fraction of sp³-hybridized carbons (Fsp3) is 0.357. The molecule has 2 aromatic rings. The molecule has 1 aromatic carbocycles. The highest BCUT2D eigenvalue weighted by Gasteiger charge is 2.24. The Bertz CT molecular complexity index is 708. The zero-order valence-corrected chi connectivity index (χ0v) is 14.3. The zero-order chi connectivity index (χ0) is 14.8. The van der Waals surface area contributed by atoms with Gasteiger partial charge in [0.25, 0.3) is 0 Å². The summed E-state index contributed by atoms with van der Waals surface area (Å²) in [7, 11) is 0. The van der Waals surface area contributed by atoms with E-state index in [2.05, 4.69) is 5.10 Å². The largest absolute Gasteiger partial charge is 0.298 e. The molecule has 3 nitrogen and oxygen atoms in total. The van der Waals surface area contributed by atoms with Crippen LogP contribution in [0.15, 0.2) is 28.6 Å². The Morgan fingerprint density at radius 1 is 1.33 bits per heavy atom. The molecule has 1 aromatic heterocycles. The number of hydrogen-bond donors (Lipinski definition) is 0. The van der Waals surface area contributed by atoms with Crippen LogP contribution in [0.4, 0.5) is 0 Å². The molecule has 0 aliphatic heterocycles. The molecule has 110 valence electrons. The van der Waals surface area contributed by atoms with Gasteiger partial charge in [-0.05, 0) is 49.3 Å². The van der Waals surface area contributed by atoms with Crippen LogP contribution in [0.2, 0.25) is 5.02 Å². The van der Waals surface area contributed by atoms with Crippen LogP contribution in [0, 0.1) is 3.95 Å². The van der Waals surface area contributed by atoms with Gasteiger partial charge in [-0.3, -0.25) is 4.79 Å². The van der Waals surface area contributed by atoms with Gasteiger partial charge in [0.15, 0.2) is 8.29 Å². The van der Waals surface area contributed by atoms with E-state index in [0.717, 1.165) is 29.3 Å². The minimum absolute atomic E-state index is 0.0398. The average molecular weight is 357 g/mol. The first-order chi connectivity index (χ1) is 10.1. The molecule has 1 aliphatic rings. The van der Waals surface area contributed by atoms with E-state index in [-0.39, 0.29) is 5.25 Å². The first-order valence-corrected chi connectivity index (χ1v) is 9.17. The molecular formula is C14H13ClN2OS3. The van der Waals surface area contributed by atoms with E-state index < -0.39 is 0 Å². The Morgan fingerprint density at radius 2 is 2.10 bits per heavy atom. The third-order valence-corrected chi connectivity index (χ3v) is 6.23. The van der Waals surface area contributed by atoms with Crippen molar-refractivity contribution < 1.29 is 4.79 Å². The van der Waals surface area contributed by atoms with Gasteiger partial charge in [-0.25, -0.2) is 4.68 Å². The Kier molecular flexibility index (Phi) is 4.78. The van der Waals surface area contributed by atoms with Crippen LogP contribution in [0.3, 0.4) is 0 Å². The number of carbonyl (C=O) groups is 1. The maximum atomic E-state index is 11.9. The molecule has 1 saturated carbocycles. The van der Waals surface area contributed by atoms with Crippen LogP contribution in [0.1, 0.15) is 25.7 Å². The van der Waals surface area contributed by atoms with Gasteiger partial charge in [0, 0.05) is 11.4 Å². The number of carbonyl (C=O) groups excluding carboxylic acids is 1. The number of rotatable bonds is 3. The highest BCUT2D eigenvalue weighted by molar-refractivity contribution is 8.02. The van der Waals surface area contributed by atoms with Crippen molar-refractivity contribution in [2.24, 2.45) is 0 Å². The number of benzene rings is 1.